The summed E-state index contributed by atoms with van der Waals surface area (Å²) in [7, 11) is -3.61. The Bertz CT molecular complexity index is 1220. The lowest BCUT2D eigenvalue weighted by Gasteiger charge is -2.29. The molecule has 1 fully saturated rings. The number of hydrogen-bond acceptors (Lipinski definition) is 6. The number of sulfonamides is 1. The monoisotopic (exact) mass is 503 g/mol. The Balaban J connectivity index is 1.16. The van der Waals surface area contributed by atoms with Crippen LogP contribution in [0.1, 0.15) is 30.6 Å². The summed E-state index contributed by atoms with van der Waals surface area (Å²) >= 11 is 3.66. The van der Waals surface area contributed by atoms with Crippen molar-refractivity contribution in [1.82, 2.24) is 9.71 Å². The SMILES string of the molecule is O=S(=O)(NCC1CCC(Nc2nc3c(s2)CCSc2ccccc2-3)CC1)c1ccc(F)cc1. The molecule has 1 saturated carbocycles. The van der Waals surface area contributed by atoms with Crippen LogP contribution in [0.15, 0.2) is 58.3 Å². The number of benzene rings is 2. The first-order chi connectivity index (χ1) is 16.0. The zero-order valence-corrected chi connectivity index (χ0v) is 20.5. The number of nitrogens with one attached hydrogen (secondary N) is 2. The summed E-state index contributed by atoms with van der Waals surface area (Å²) in [6.07, 6.45) is 4.91. The lowest BCUT2D eigenvalue weighted by Crippen LogP contribution is -2.34. The van der Waals surface area contributed by atoms with E-state index in [0.717, 1.165) is 48.7 Å². The summed E-state index contributed by atoms with van der Waals surface area (Å²) in [6.45, 7) is 0.409. The molecule has 3 aromatic rings. The predicted molar refractivity (Wildman–Crippen MR) is 133 cm³/mol. The molecule has 2 N–H and O–H groups in total. The van der Waals surface area contributed by atoms with Gasteiger partial charge < -0.3 is 5.32 Å². The minimum atomic E-state index is -3.61. The number of halogens is 1. The molecule has 1 aliphatic heterocycles. The zero-order valence-electron chi connectivity index (χ0n) is 18.1. The Labute approximate surface area is 202 Å². The van der Waals surface area contributed by atoms with E-state index in [-0.39, 0.29) is 4.90 Å². The maximum absolute atomic E-state index is 13.1. The molecule has 0 amide bonds. The van der Waals surface area contributed by atoms with Crippen LogP contribution < -0.4 is 10.0 Å². The third kappa shape index (κ3) is 5.26. The van der Waals surface area contributed by atoms with Gasteiger partial charge in [-0.05, 0) is 68.4 Å². The van der Waals surface area contributed by atoms with Crippen molar-refractivity contribution >= 4 is 38.3 Å². The fourth-order valence-corrected chi connectivity index (χ4v) is 7.76. The molecule has 0 atom stereocenters. The summed E-state index contributed by atoms with van der Waals surface area (Å²) < 4.78 is 40.7. The highest BCUT2D eigenvalue weighted by atomic mass is 32.2. The molecule has 9 heteroatoms. The van der Waals surface area contributed by atoms with Gasteiger partial charge in [0.15, 0.2) is 5.13 Å². The fourth-order valence-electron chi connectivity index (χ4n) is 4.45. The molecule has 0 saturated heterocycles. The molecule has 5 nitrogen and oxygen atoms in total. The van der Waals surface area contributed by atoms with Gasteiger partial charge in [-0.15, -0.1) is 23.1 Å². The van der Waals surface area contributed by atoms with E-state index >= 15 is 0 Å². The summed E-state index contributed by atoms with van der Waals surface area (Å²) in [5, 5.41) is 4.63. The minimum Gasteiger partial charge on any atom is -0.359 e. The van der Waals surface area contributed by atoms with E-state index in [1.807, 2.05) is 11.8 Å². The molecule has 2 aliphatic rings. The first-order valence-corrected chi connectivity index (χ1v) is 14.5. The second kappa shape index (κ2) is 9.74. The second-order valence-electron chi connectivity index (χ2n) is 8.55. The van der Waals surface area contributed by atoms with E-state index in [0.29, 0.717) is 18.5 Å². The van der Waals surface area contributed by atoms with Gasteiger partial charge in [0.05, 0.1) is 10.6 Å². The first kappa shape index (κ1) is 22.8. The van der Waals surface area contributed by atoms with Gasteiger partial charge in [-0.25, -0.2) is 22.5 Å². The highest BCUT2D eigenvalue weighted by molar-refractivity contribution is 7.99. The predicted octanol–water partition coefficient (Wildman–Crippen LogP) is 5.55. The van der Waals surface area contributed by atoms with Crippen LogP contribution in [0.2, 0.25) is 0 Å². The van der Waals surface area contributed by atoms with Gasteiger partial charge in [-0.3, -0.25) is 0 Å². The summed E-state index contributed by atoms with van der Waals surface area (Å²) in [5.74, 6) is 0.930. The molecule has 33 heavy (non-hydrogen) atoms. The lowest BCUT2D eigenvalue weighted by molar-refractivity contribution is 0.337. The fraction of sp³-hybridized carbons (Fsp3) is 0.375. The van der Waals surface area contributed by atoms with Crippen molar-refractivity contribution < 1.29 is 12.8 Å². The van der Waals surface area contributed by atoms with Crippen LogP contribution in [0.25, 0.3) is 11.3 Å². The van der Waals surface area contributed by atoms with Crippen LogP contribution in [0.4, 0.5) is 9.52 Å². The van der Waals surface area contributed by atoms with Gasteiger partial charge >= 0.3 is 0 Å². The molecule has 0 spiro atoms. The van der Waals surface area contributed by atoms with E-state index in [2.05, 4.69) is 34.3 Å². The number of thiazole rings is 1. The third-order valence-electron chi connectivity index (χ3n) is 6.29. The summed E-state index contributed by atoms with van der Waals surface area (Å²) in [6, 6.07) is 13.8. The van der Waals surface area contributed by atoms with Crippen molar-refractivity contribution in [2.75, 3.05) is 17.6 Å². The van der Waals surface area contributed by atoms with E-state index in [4.69, 9.17) is 4.98 Å². The van der Waals surface area contributed by atoms with E-state index in [1.54, 1.807) is 11.3 Å². The zero-order chi connectivity index (χ0) is 22.8. The van der Waals surface area contributed by atoms with Crippen LogP contribution in [-0.4, -0.2) is 31.7 Å². The van der Waals surface area contributed by atoms with Crippen molar-refractivity contribution in [2.24, 2.45) is 5.92 Å². The van der Waals surface area contributed by atoms with E-state index in [1.165, 1.54) is 39.6 Å². The van der Waals surface area contributed by atoms with Crippen LogP contribution in [0.3, 0.4) is 0 Å². The Morgan fingerprint density at radius 2 is 1.79 bits per heavy atom. The molecule has 1 aliphatic carbocycles. The standard InChI is InChI=1S/C24H26FN3O2S3/c25-17-7-11-19(12-8-17)33(29,30)26-15-16-5-9-18(10-6-16)27-24-28-23-20-3-1-2-4-21(20)31-14-13-22(23)32-24/h1-4,7-8,11-12,16,18,26H,5-6,9-10,13-15H2,(H,27,28). The summed E-state index contributed by atoms with van der Waals surface area (Å²) in [4.78, 5) is 7.70. The Kier molecular flexibility index (Phi) is 6.74. The van der Waals surface area contributed by atoms with Crippen LogP contribution in [-0.2, 0) is 16.4 Å². The van der Waals surface area contributed by atoms with Gasteiger partial charge in [0.1, 0.15) is 5.82 Å². The van der Waals surface area contributed by atoms with Crippen LogP contribution in [0.5, 0.6) is 0 Å². The van der Waals surface area contributed by atoms with E-state index < -0.39 is 15.8 Å². The van der Waals surface area contributed by atoms with Gasteiger partial charge in [0.2, 0.25) is 10.0 Å². The topological polar surface area (TPSA) is 71.1 Å². The molecular formula is C24H26FN3O2S3. The van der Waals surface area contributed by atoms with Gasteiger partial charge in [-0.1, -0.05) is 18.2 Å². The first-order valence-electron chi connectivity index (χ1n) is 11.2. The maximum atomic E-state index is 13.1. The molecule has 2 aromatic carbocycles. The minimum absolute atomic E-state index is 0.0998. The molecule has 5 rings (SSSR count). The molecule has 1 aromatic heterocycles. The second-order valence-corrected chi connectivity index (χ2v) is 12.5. The van der Waals surface area contributed by atoms with Crippen molar-refractivity contribution in [3.63, 3.8) is 0 Å². The third-order valence-corrected chi connectivity index (χ3v) is 9.85. The number of fused-ring (bicyclic) bond motifs is 3. The van der Waals surface area contributed by atoms with Crippen molar-refractivity contribution in [1.29, 1.82) is 0 Å². The van der Waals surface area contributed by atoms with Crippen molar-refractivity contribution in [3.05, 3.63) is 59.2 Å². The van der Waals surface area contributed by atoms with Crippen molar-refractivity contribution in [3.8, 4) is 11.3 Å². The lowest BCUT2D eigenvalue weighted by atomic mass is 9.86. The number of hydrogen-bond donors (Lipinski definition) is 2. The van der Waals surface area contributed by atoms with E-state index in [9.17, 15) is 12.8 Å². The molecular weight excluding hydrogens is 477 g/mol. The number of aromatic nitrogens is 1. The Hall–Kier alpha value is -1.94. The molecule has 0 radical (unpaired) electrons. The van der Waals surface area contributed by atoms with Crippen LogP contribution >= 0.6 is 23.1 Å². The molecule has 2 heterocycles. The highest BCUT2D eigenvalue weighted by Gasteiger charge is 2.25. The van der Waals surface area contributed by atoms with Gasteiger partial charge in [-0.2, -0.15) is 0 Å². The average Bonchev–Trinajstić information content (AvgIpc) is 3.13. The molecule has 0 unspecified atom stereocenters. The molecule has 174 valence electrons. The number of nitrogens with zero attached hydrogens (tertiary/aromatic N) is 1. The smallest absolute Gasteiger partial charge is 0.240 e. The Morgan fingerprint density at radius 1 is 1.03 bits per heavy atom. The summed E-state index contributed by atoms with van der Waals surface area (Å²) in [5.41, 5.74) is 2.35. The van der Waals surface area contributed by atoms with Crippen molar-refractivity contribution in [2.45, 2.75) is 47.9 Å². The normalized spacial score (nSPS) is 20.5. The average molecular weight is 504 g/mol. The maximum Gasteiger partial charge on any atom is 0.240 e. The largest absolute Gasteiger partial charge is 0.359 e. The number of anilines is 1. The number of thioether (sulfide) groups is 1. The Morgan fingerprint density at radius 3 is 2.58 bits per heavy atom. The van der Waals surface area contributed by atoms with Crippen LogP contribution in [0, 0.1) is 11.7 Å². The molecule has 0 bridgehead atoms. The number of rotatable bonds is 6. The quantitative estimate of drug-likeness (QED) is 0.462. The highest BCUT2D eigenvalue weighted by Crippen LogP contribution is 2.41. The van der Waals surface area contributed by atoms with Gasteiger partial charge in [0.25, 0.3) is 0 Å². The van der Waals surface area contributed by atoms with Gasteiger partial charge in [0, 0.05) is 33.7 Å². The number of aryl methyl sites for hydroxylation is 1.